The lowest BCUT2D eigenvalue weighted by Gasteiger charge is -2.16. The fourth-order valence-corrected chi connectivity index (χ4v) is 2.48. The Bertz CT molecular complexity index is 890. The number of hydrogen-bond donors (Lipinski definition) is 1. The van der Waals surface area contributed by atoms with Crippen molar-refractivity contribution in [2.75, 3.05) is 24.2 Å². The van der Waals surface area contributed by atoms with Gasteiger partial charge in [0.25, 0.3) is 0 Å². The first-order chi connectivity index (χ1) is 11.7. The van der Waals surface area contributed by atoms with Crippen LogP contribution in [0.4, 0.5) is 5.69 Å². The highest BCUT2D eigenvalue weighted by atomic mass is 32.2. The van der Waals surface area contributed by atoms with E-state index < -0.39 is 28.4 Å². The van der Waals surface area contributed by atoms with Gasteiger partial charge in [-0.15, -0.1) is 0 Å². The van der Waals surface area contributed by atoms with Gasteiger partial charge in [0.2, 0.25) is 10.0 Å². The van der Waals surface area contributed by atoms with Crippen LogP contribution in [0, 0.1) is 0 Å². The molecule has 2 aromatic carbocycles. The number of hydrogen-bond acceptors (Lipinski definition) is 6. The molecule has 0 amide bonds. The second-order valence-electron chi connectivity index (χ2n) is 5.33. The maximum atomic E-state index is 12.1. The Morgan fingerprint density at radius 1 is 1.08 bits per heavy atom. The van der Waals surface area contributed by atoms with Crippen molar-refractivity contribution in [1.82, 2.24) is 0 Å². The molecule has 0 aliphatic heterocycles. The van der Waals surface area contributed by atoms with Crippen LogP contribution >= 0.6 is 0 Å². The number of benzene rings is 2. The summed E-state index contributed by atoms with van der Waals surface area (Å²) in [6, 6.07) is 11.5. The molecule has 0 unspecified atom stereocenters. The van der Waals surface area contributed by atoms with Gasteiger partial charge in [-0.25, -0.2) is 13.2 Å². The molecule has 0 atom stereocenters. The number of nitrogens with zero attached hydrogens (tertiary/aromatic N) is 1. The molecule has 0 saturated heterocycles. The SMILES string of the molecule is CN(c1ccc(C(=O)COC(=O)c2cccc(O)c2)cc1)S(C)(=O)=O. The van der Waals surface area contributed by atoms with E-state index in [-0.39, 0.29) is 16.9 Å². The molecule has 0 heterocycles. The monoisotopic (exact) mass is 363 g/mol. The summed E-state index contributed by atoms with van der Waals surface area (Å²) in [6.07, 6.45) is 1.08. The predicted octanol–water partition coefficient (Wildman–Crippen LogP) is 1.83. The largest absolute Gasteiger partial charge is 0.508 e. The number of phenolic OH excluding ortho intramolecular Hbond substituents is 1. The molecule has 0 radical (unpaired) electrons. The fraction of sp³-hybridized carbons (Fsp3) is 0.176. The van der Waals surface area contributed by atoms with E-state index in [1.165, 1.54) is 55.6 Å². The fourth-order valence-electron chi connectivity index (χ4n) is 1.98. The van der Waals surface area contributed by atoms with E-state index in [1.807, 2.05) is 0 Å². The third kappa shape index (κ3) is 4.80. The van der Waals surface area contributed by atoms with E-state index in [0.29, 0.717) is 5.69 Å². The van der Waals surface area contributed by atoms with Crippen LogP contribution in [0.15, 0.2) is 48.5 Å². The number of ether oxygens (including phenoxy) is 1. The van der Waals surface area contributed by atoms with Crippen LogP contribution < -0.4 is 4.31 Å². The number of Topliss-reactive ketones (excluding diaryl/α,β-unsaturated/α-hetero) is 1. The van der Waals surface area contributed by atoms with Gasteiger partial charge in [0, 0.05) is 12.6 Å². The van der Waals surface area contributed by atoms with Gasteiger partial charge in [-0.05, 0) is 42.5 Å². The molecule has 25 heavy (non-hydrogen) atoms. The van der Waals surface area contributed by atoms with Crippen molar-refractivity contribution >= 4 is 27.5 Å². The zero-order chi connectivity index (χ0) is 18.6. The molecule has 0 saturated carbocycles. The Morgan fingerprint density at radius 3 is 2.28 bits per heavy atom. The smallest absolute Gasteiger partial charge is 0.338 e. The summed E-state index contributed by atoms with van der Waals surface area (Å²) in [7, 11) is -1.98. The highest BCUT2D eigenvalue weighted by Crippen LogP contribution is 2.17. The molecule has 2 rings (SSSR count). The summed E-state index contributed by atoms with van der Waals surface area (Å²) in [4.78, 5) is 23.9. The highest BCUT2D eigenvalue weighted by Gasteiger charge is 2.15. The van der Waals surface area contributed by atoms with Crippen LogP contribution in [-0.2, 0) is 14.8 Å². The Hall–Kier alpha value is -2.87. The van der Waals surface area contributed by atoms with Crippen molar-refractivity contribution in [2.45, 2.75) is 0 Å². The number of rotatable bonds is 6. The normalized spacial score (nSPS) is 11.0. The van der Waals surface area contributed by atoms with E-state index in [1.54, 1.807) is 0 Å². The molecular formula is C17H17NO6S. The first-order valence-corrected chi connectivity index (χ1v) is 9.06. The molecule has 0 aliphatic rings. The van der Waals surface area contributed by atoms with Gasteiger partial charge in [0.05, 0.1) is 17.5 Å². The molecule has 0 aromatic heterocycles. The van der Waals surface area contributed by atoms with E-state index in [2.05, 4.69) is 0 Å². The molecule has 1 N–H and O–H groups in total. The van der Waals surface area contributed by atoms with Gasteiger partial charge in [0.1, 0.15) is 5.75 Å². The summed E-state index contributed by atoms with van der Waals surface area (Å²) in [5, 5.41) is 9.32. The Labute approximate surface area is 145 Å². The first-order valence-electron chi connectivity index (χ1n) is 7.22. The van der Waals surface area contributed by atoms with Crippen LogP contribution in [0.5, 0.6) is 5.75 Å². The zero-order valence-corrected chi connectivity index (χ0v) is 14.5. The van der Waals surface area contributed by atoms with Crippen LogP contribution in [0.25, 0.3) is 0 Å². The molecule has 132 valence electrons. The summed E-state index contributed by atoms with van der Waals surface area (Å²) in [5.41, 5.74) is 0.836. The maximum absolute atomic E-state index is 12.1. The Morgan fingerprint density at radius 2 is 1.72 bits per heavy atom. The van der Waals surface area contributed by atoms with Crippen LogP contribution in [0.3, 0.4) is 0 Å². The van der Waals surface area contributed by atoms with E-state index in [0.717, 1.165) is 10.6 Å². The van der Waals surface area contributed by atoms with Crippen molar-refractivity contribution < 1.29 is 27.9 Å². The molecule has 0 spiro atoms. The number of carbonyl (C=O) groups excluding carboxylic acids is 2. The van der Waals surface area contributed by atoms with Gasteiger partial charge < -0.3 is 9.84 Å². The molecule has 2 aromatic rings. The summed E-state index contributed by atoms with van der Waals surface area (Å²) in [6.45, 7) is -0.463. The number of anilines is 1. The summed E-state index contributed by atoms with van der Waals surface area (Å²) in [5.74, 6) is -1.23. The lowest BCUT2D eigenvalue weighted by Crippen LogP contribution is -2.24. The van der Waals surface area contributed by atoms with E-state index in [4.69, 9.17) is 4.74 Å². The lowest BCUT2D eigenvalue weighted by atomic mass is 10.1. The summed E-state index contributed by atoms with van der Waals surface area (Å²) >= 11 is 0. The van der Waals surface area contributed by atoms with Crippen molar-refractivity contribution in [3.8, 4) is 5.75 Å². The first kappa shape index (κ1) is 18.5. The molecule has 7 nitrogen and oxygen atoms in total. The van der Waals surface area contributed by atoms with Crippen molar-refractivity contribution in [3.05, 3.63) is 59.7 Å². The third-order valence-electron chi connectivity index (χ3n) is 3.47. The number of sulfonamides is 1. The number of ketones is 1. The van der Waals surface area contributed by atoms with Crippen molar-refractivity contribution in [3.63, 3.8) is 0 Å². The predicted molar refractivity (Wildman–Crippen MR) is 92.4 cm³/mol. The second-order valence-corrected chi connectivity index (χ2v) is 7.34. The summed E-state index contributed by atoms with van der Waals surface area (Å²) < 4.78 is 29.0. The third-order valence-corrected chi connectivity index (χ3v) is 4.67. The molecule has 8 heteroatoms. The van der Waals surface area contributed by atoms with Crippen LogP contribution in [-0.4, -0.2) is 45.2 Å². The van der Waals surface area contributed by atoms with Gasteiger partial charge in [-0.1, -0.05) is 6.07 Å². The van der Waals surface area contributed by atoms with Gasteiger partial charge in [0.15, 0.2) is 12.4 Å². The molecule has 0 aliphatic carbocycles. The van der Waals surface area contributed by atoms with Crippen molar-refractivity contribution in [1.29, 1.82) is 0 Å². The number of esters is 1. The highest BCUT2D eigenvalue weighted by molar-refractivity contribution is 7.92. The van der Waals surface area contributed by atoms with Gasteiger partial charge >= 0.3 is 5.97 Å². The molecular weight excluding hydrogens is 346 g/mol. The van der Waals surface area contributed by atoms with Crippen LogP contribution in [0.2, 0.25) is 0 Å². The zero-order valence-electron chi connectivity index (χ0n) is 13.7. The number of carbonyl (C=O) groups is 2. The van der Waals surface area contributed by atoms with Crippen molar-refractivity contribution in [2.24, 2.45) is 0 Å². The minimum absolute atomic E-state index is 0.0774. The number of aromatic hydroxyl groups is 1. The number of phenols is 1. The average molecular weight is 363 g/mol. The quantitative estimate of drug-likeness (QED) is 0.621. The van der Waals surface area contributed by atoms with Gasteiger partial charge in [-0.3, -0.25) is 9.10 Å². The average Bonchev–Trinajstić information content (AvgIpc) is 2.58. The molecule has 0 bridgehead atoms. The Balaban J connectivity index is 2.00. The van der Waals surface area contributed by atoms with Gasteiger partial charge in [-0.2, -0.15) is 0 Å². The maximum Gasteiger partial charge on any atom is 0.338 e. The molecule has 0 fully saturated rings. The Kier molecular flexibility index (Phi) is 5.43. The topological polar surface area (TPSA) is 101 Å². The minimum atomic E-state index is -3.39. The van der Waals surface area contributed by atoms with E-state index >= 15 is 0 Å². The second kappa shape index (κ2) is 7.35. The van der Waals surface area contributed by atoms with E-state index in [9.17, 15) is 23.1 Å². The van der Waals surface area contributed by atoms with Crippen LogP contribution in [0.1, 0.15) is 20.7 Å². The minimum Gasteiger partial charge on any atom is -0.508 e. The standard InChI is InChI=1S/C17H17NO6S/c1-18(25(2,22)23)14-8-6-12(7-9-14)16(20)11-24-17(21)13-4-3-5-15(19)10-13/h3-10,19H,11H2,1-2H3. The lowest BCUT2D eigenvalue weighted by molar-refractivity contribution is 0.0474.